The number of hydrogen-bond donors (Lipinski definition) is 3. The molecule has 2 aromatic carbocycles. The third-order valence-corrected chi connectivity index (χ3v) is 4.64. The van der Waals surface area contributed by atoms with Crippen molar-refractivity contribution in [2.45, 2.75) is 12.5 Å². The van der Waals surface area contributed by atoms with Crippen LogP contribution in [0.4, 0.5) is 9.18 Å². The van der Waals surface area contributed by atoms with Gasteiger partial charge in [0.2, 0.25) is 0 Å². The van der Waals surface area contributed by atoms with Crippen molar-refractivity contribution in [1.29, 1.82) is 0 Å². The van der Waals surface area contributed by atoms with Crippen molar-refractivity contribution in [3.05, 3.63) is 64.3 Å². The van der Waals surface area contributed by atoms with Crippen molar-refractivity contribution >= 4 is 35.0 Å². The lowest BCUT2D eigenvalue weighted by molar-refractivity contribution is -0.138. The fourth-order valence-electron chi connectivity index (χ4n) is 2.42. The summed E-state index contributed by atoms with van der Waals surface area (Å²) in [6.45, 7) is 0. The van der Waals surface area contributed by atoms with Crippen LogP contribution in [0.2, 0.25) is 0 Å². The number of imide groups is 1. The predicted octanol–water partition coefficient (Wildman–Crippen LogP) is 2.90. The van der Waals surface area contributed by atoms with Gasteiger partial charge in [-0.1, -0.05) is 12.1 Å². The Hall–Kier alpha value is -3.17. The molecule has 0 spiro atoms. The molecular formula is C19H15FN2O5S. The molecule has 0 bridgehead atoms. The Morgan fingerprint density at radius 1 is 1.21 bits per heavy atom. The maximum Gasteiger partial charge on any atom is 0.320 e. The number of nitrogens with two attached hydrogens (primary N) is 1. The second kappa shape index (κ2) is 8.24. The highest BCUT2D eigenvalue weighted by atomic mass is 32.2. The lowest BCUT2D eigenvalue weighted by Gasteiger charge is -2.09. The van der Waals surface area contributed by atoms with Crippen molar-refractivity contribution in [3.63, 3.8) is 0 Å². The summed E-state index contributed by atoms with van der Waals surface area (Å²) in [4.78, 5) is 33.6. The summed E-state index contributed by atoms with van der Waals surface area (Å²) in [6.07, 6.45) is 1.48. The molecule has 1 atom stereocenters. The van der Waals surface area contributed by atoms with Crippen LogP contribution < -0.4 is 15.8 Å². The normalized spacial score (nSPS) is 16.1. The van der Waals surface area contributed by atoms with Crippen LogP contribution in [0.3, 0.4) is 0 Å². The fraction of sp³-hybridized carbons (Fsp3) is 0.105. The lowest BCUT2D eigenvalue weighted by atomic mass is 10.1. The van der Waals surface area contributed by atoms with E-state index in [1.54, 1.807) is 24.3 Å². The van der Waals surface area contributed by atoms with Gasteiger partial charge in [-0.2, -0.15) is 0 Å². The summed E-state index contributed by atoms with van der Waals surface area (Å²) >= 11 is 0.709. The van der Waals surface area contributed by atoms with Gasteiger partial charge in [-0.25, -0.2) is 4.39 Å². The van der Waals surface area contributed by atoms with Crippen LogP contribution in [-0.2, 0) is 16.0 Å². The number of nitrogens with one attached hydrogen (secondary N) is 1. The highest BCUT2D eigenvalue weighted by Gasteiger charge is 2.25. The minimum Gasteiger partial charge on any atom is -0.480 e. The number of ether oxygens (including phenoxy) is 1. The molecule has 2 aromatic rings. The molecule has 1 saturated heterocycles. The molecule has 1 fully saturated rings. The van der Waals surface area contributed by atoms with Crippen molar-refractivity contribution in [3.8, 4) is 11.5 Å². The van der Waals surface area contributed by atoms with Crippen LogP contribution in [0.25, 0.3) is 6.08 Å². The van der Waals surface area contributed by atoms with Crippen LogP contribution in [0, 0.1) is 5.82 Å². The van der Waals surface area contributed by atoms with Gasteiger partial charge in [0.05, 0.1) is 4.91 Å². The highest BCUT2D eigenvalue weighted by molar-refractivity contribution is 8.18. The first-order valence-corrected chi connectivity index (χ1v) is 8.93. The fourth-order valence-corrected chi connectivity index (χ4v) is 3.09. The van der Waals surface area contributed by atoms with Gasteiger partial charge in [0.15, 0.2) is 0 Å². The van der Waals surface area contributed by atoms with Gasteiger partial charge >= 0.3 is 5.97 Å². The zero-order valence-electron chi connectivity index (χ0n) is 14.3. The summed E-state index contributed by atoms with van der Waals surface area (Å²) in [6, 6.07) is 9.77. The molecule has 7 nitrogen and oxygen atoms in total. The van der Waals surface area contributed by atoms with Crippen LogP contribution >= 0.6 is 11.8 Å². The van der Waals surface area contributed by atoms with Crippen LogP contribution in [0.15, 0.2) is 47.4 Å². The molecule has 0 saturated carbocycles. The molecular weight excluding hydrogens is 387 g/mol. The summed E-state index contributed by atoms with van der Waals surface area (Å²) in [5.74, 6) is -1.56. The number of aliphatic carboxylic acids is 1. The van der Waals surface area contributed by atoms with Crippen molar-refractivity contribution in [1.82, 2.24) is 5.32 Å². The average Bonchev–Trinajstić information content (AvgIpc) is 2.96. The largest absolute Gasteiger partial charge is 0.480 e. The third kappa shape index (κ3) is 4.76. The SMILES string of the molecule is NC(Cc1ccc(Oc2ccc(/C=C3\SC(=O)NC3=O)c(F)c2)cc1)C(=O)O. The van der Waals surface area contributed by atoms with Gasteiger partial charge in [-0.05, 0) is 54.1 Å². The smallest absolute Gasteiger partial charge is 0.320 e. The van der Waals surface area contributed by atoms with E-state index < -0.39 is 29.0 Å². The topological polar surface area (TPSA) is 119 Å². The van der Waals surface area contributed by atoms with Crippen LogP contribution in [-0.4, -0.2) is 28.3 Å². The van der Waals surface area contributed by atoms with Gasteiger partial charge in [0.25, 0.3) is 11.1 Å². The number of benzene rings is 2. The Morgan fingerprint density at radius 3 is 2.46 bits per heavy atom. The Labute approximate surface area is 163 Å². The number of hydrogen-bond acceptors (Lipinski definition) is 6. The lowest BCUT2D eigenvalue weighted by Crippen LogP contribution is -2.32. The molecule has 28 heavy (non-hydrogen) atoms. The number of halogens is 1. The molecule has 4 N–H and O–H groups in total. The first kappa shape index (κ1) is 19.6. The van der Waals surface area contributed by atoms with E-state index in [9.17, 15) is 18.8 Å². The van der Waals surface area contributed by atoms with Gasteiger partial charge in [0.1, 0.15) is 23.4 Å². The Bertz CT molecular complexity index is 975. The highest BCUT2D eigenvalue weighted by Crippen LogP contribution is 2.29. The minimum absolute atomic E-state index is 0.118. The molecule has 1 heterocycles. The zero-order chi connectivity index (χ0) is 20.3. The maximum absolute atomic E-state index is 14.3. The molecule has 2 amide bonds. The van der Waals surface area contributed by atoms with Gasteiger partial charge in [0, 0.05) is 11.6 Å². The van der Waals surface area contributed by atoms with E-state index in [0.717, 1.165) is 5.56 Å². The predicted molar refractivity (Wildman–Crippen MR) is 101 cm³/mol. The number of thioether (sulfide) groups is 1. The second-order valence-corrected chi connectivity index (χ2v) is 6.95. The van der Waals surface area contributed by atoms with E-state index in [0.29, 0.717) is 17.5 Å². The summed E-state index contributed by atoms with van der Waals surface area (Å²) < 4.78 is 19.9. The number of rotatable bonds is 6. The van der Waals surface area contributed by atoms with Crippen LogP contribution in [0.1, 0.15) is 11.1 Å². The molecule has 9 heteroatoms. The van der Waals surface area contributed by atoms with Gasteiger partial charge in [-0.3, -0.25) is 19.7 Å². The van der Waals surface area contributed by atoms with Crippen molar-refractivity contribution in [2.24, 2.45) is 5.73 Å². The molecule has 3 rings (SSSR count). The Balaban J connectivity index is 1.69. The summed E-state index contributed by atoms with van der Waals surface area (Å²) in [5, 5.41) is 10.4. The Morgan fingerprint density at radius 2 is 1.89 bits per heavy atom. The van der Waals surface area contributed by atoms with E-state index in [4.69, 9.17) is 15.6 Å². The Kier molecular flexibility index (Phi) is 5.76. The molecule has 1 unspecified atom stereocenters. The molecule has 1 aliphatic heterocycles. The molecule has 144 valence electrons. The van der Waals surface area contributed by atoms with Crippen LogP contribution in [0.5, 0.6) is 11.5 Å². The second-order valence-electron chi connectivity index (χ2n) is 5.93. The molecule has 1 aliphatic rings. The zero-order valence-corrected chi connectivity index (χ0v) is 15.2. The average molecular weight is 402 g/mol. The number of carbonyl (C=O) groups is 3. The molecule has 0 radical (unpaired) electrons. The van der Waals surface area contributed by atoms with E-state index in [1.165, 1.54) is 24.3 Å². The molecule has 0 aromatic heterocycles. The van der Waals surface area contributed by atoms with Gasteiger partial charge < -0.3 is 15.6 Å². The number of carboxylic acid groups (broad SMARTS) is 1. The van der Waals surface area contributed by atoms with E-state index in [-0.39, 0.29) is 22.6 Å². The summed E-state index contributed by atoms with van der Waals surface area (Å²) in [7, 11) is 0. The quantitative estimate of drug-likeness (QED) is 0.636. The first-order chi connectivity index (χ1) is 13.3. The standard InChI is InChI=1S/C19H15FN2O5S/c20-14-9-13(6-3-11(14)8-16-17(23)22-19(26)28-16)27-12-4-1-10(2-5-12)7-15(21)18(24)25/h1-6,8-9,15H,7,21H2,(H,24,25)(H,22,23,26)/b16-8-. The van der Waals surface area contributed by atoms with E-state index in [2.05, 4.69) is 5.32 Å². The number of amides is 2. The number of carbonyl (C=O) groups excluding carboxylic acids is 2. The van der Waals surface area contributed by atoms with Crippen molar-refractivity contribution < 1.29 is 28.6 Å². The number of carboxylic acids is 1. The van der Waals surface area contributed by atoms with E-state index in [1.807, 2.05) is 0 Å². The van der Waals surface area contributed by atoms with E-state index >= 15 is 0 Å². The first-order valence-electron chi connectivity index (χ1n) is 8.11. The molecule has 0 aliphatic carbocycles. The van der Waals surface area contributed by atoms with Crippen molar-refractivity contribution in [2.75, 3.05) is 0 Å². The monoisotopic (exact) mass is 402 g/mol. The maximum atomic E-state index is 14.3. The minimum atomic E-state index is -1.08. The third-order valence-electron chi connectivity index (χ3n) is 3.83. The summed E-state index contributed by atoms with van der Waals surface area (Å²) in [5.41, 5.74) is 6.38. The van der Waals surface area contributed by atoms with Gasteiger partial charge in [-0.15, -0.1) is 0 Å².